The van der Waals surface area contributed by atoms with Gasteiger partial charge in [-0.25, -0.2) is 0 Å². The van der Waals surface area contributed by atoms with Gasteiger partial charge in [-0.3, -0.25) is 9.36 Å². The van der Waals surface area contributed by atoms with Crippen LogP contribution in [0.4, 0.5) is 0 Å². The van der Waals surface area contributed by atoms with E-state index in [1.165, 1.54) is 4.57 Å². The van der Waals surface area contributed by atoms with E-state index in [2.05, 4.69) is 0 Å². The maximum absolute atomic E-state index is 10.1. The molecule has 0 aromatic carbocycles. The summed E-state index contributed by atoms with van der Waals surface area (Å²) in [4.78, 5) is 10.1. The highest BCUT2D eigenvalue weighted by Gasteiger charge is 1.93. The zero-order valence-corrected chi connectivity index (χ0v) is 5.59. The second-order valence-corrected chi connectivity index (χ2v) is 2.18. The smallest absolute Gasteiger partial charge is 0.217 e. The molecule has 0 aliphatic heterocycles. The van der Waals surface area contributed by atoms with Gasteiger partial charge in [0.1, 0.15) is 0 Å². The number of aromatic nitrogens is 1. The SMILES string of the molecule is Cc1cn(C=O)cc1C. The van der Waals surface area contributed by atoms with Gasteiger partial charge in [0, 0.05) is 12.4 Å². The van der Waals surface area contributed by atoms with E-state index in [0.29, 0.717) is 0 Å². The molecule has 0 fully saturated rings. The molecule has 1 heterocycles. The molecule has 0 spiro atoms. The molecular weight excluding hydrogens is 114 g/mol. The Balaban J connectivity index is 3.11. The first-order valence-electron chi connectivity index (χ1n) is 2.84. The van der Waals surface area contributed by atoms with Crippen LogP contribution in [-0.2, 0) is 4.79 Å². The molecule has 1 aromatic heterocycles. The first-order valence-corrected chi connectivity index (χ1v) is 2.84. The van der Waals surface area contributed by atoms with Gasteiger partial charge in [0.05, 0.1) is 0 Å². The fraction of sp³-hybridized carbons (Fsp3) is 0.286. The third-order valence-corrected chi connectivity index (χ3v) is 1.43. The molecule has 0 aliphatic rings. The van der Waals surface area contributed by atoms with Crippen LogP contribution < -0.4 is 0 Å². The van der Waals surface area contributed by atoms with Crippen molar-refractivity contribution < 1.29 is 4.79 Å². The third-order valence-electron chi connectivity index (χ3n) is 1.43. The maximum atomic E-state index is 10.1. The molecule has 2 heteroatoms. The van der Waals surface area contributed by atoms with E-state index in [-0.39, 0.29) is 0 Å². The first kappa shape index (κ1) is 6.08. The van der Waals surface area contributed by atoms with Crippen molar-refractivity contribution in [3.05, 3.63) is 23.5 Å². The number of aryl methyl sites for hydroxylation is 2. The molecule has 0 unspecified atom stereocenters. The molecule has 1 aromatic rings. The van der Waals surface area contributed by atoms with Crippen LogP contribution in [-0.4, -0.2) is 11.0 Å². The van der Waals surface area contributed by atoms with Crippen molar-refractivity contribution in [3.63, 3.8) is 0 Å². The zero-order chi connectivity index (χ0) is 6.85. The second-order valence-electron chi connectivity index (χ2n) is 2.18. The van der Waals surface area contributed by atoms with Gasteiger partial charge < -0.3 is 0 Å². The number of hydrogen-bond acceptors (Lipinski definition) is 1. The Kier molecular flexibility index (Phi) is 1.39. The monoisotopic (exact) mass is 123 g/mol. The van der Waals surface area contributed by atoms with E-state index in [1.807, 2.05) is 26.2 Å². The molecule has 1 rings (SSSR count). The largest absolute Gasteiger partial charge is 0.297 e. The maximum Gasteiger partial charge on any atom is 0.217 e. The van der Waals surface area contributed by atoms with Gasteiger partial charge in [-0.1, -0.05) is 0 Å². The van der Waals surface area contributed by atoms with Crippen LogP contribution in [0.1, 0.15) is 11.1 Å². The Labute approximate surface area is 54.1 Å². The number of carbonyl (C=O) groups excluding carboxylic acids is 1. The number of nitrogens with zero attached hydrogens (tertiary/aromatic N) is 1. The highest BCUT2D eigenvalue weighted by atomic mass is 16.1. The number of hydrogen-bond donors (Lipinski definition) is 0. The molecule has 2 nitrogen and oxygen atoms in total. The lowest BCUT2D eigenvalue weighted by molar-refractivity contribution is 0.547. The summed E-state index contributed by atoms with van der Waals surface area (Å²) in [6, 6.07) is 0. The van der Waals surface area contributed by atoms with Gasteiger partial charge in [-0.05, 0) is 25.0 Å². The first-order chi connectivity index (χ1) is 4.24. The zero-order valence-electron chi connectivity index (χ0n) is 5.59. The molecule has 0 radical (unpaired) electrons. The second kappa shape index (κ2) is 2.05. The minimum atomic E-state index is 0.792. The molecule has 0 amide bonds. The number of rotatable bonds is 1. The van der Waals surface area contributed by atoms with Gasteiger partial charge in [0.25, 0.3) is 0 Å². The Morgan fingerprint density at radius 1 is 1.33 bits per heavy atom. The topological polar surface area (TPSA) is 22.0 Å². The summed E-state index contributed by atoms with van der Waals surface area (Å²) < 4.78 is 1.52. The minimum absolute atomic E-state index is 0.792. The summed E-state index contributed by atoms with van der Waals surface area (Å²) in [5, 5.41) is 0. The highest BCUT2D eigenvalue weighted by Crippen LogP contribution is 2.04. The minimum Gasteiger partial charge on any atom is -0.297 e. The summed E-state index contributed by atoms with van der Waals surface area (Å²) >= 11 is 0. The van der Waals surface area contributed by atoms with Crippen LogP contribution in [0.25, 0.3) is 0 Å². The van der Waals surface area contributed by atoms with E-state index in [0.717, 1.165) is 17.5 Å². The summed E-state index contributed by atoms with van der Waals surface area (Å²) in [6.07, 6.45) is 4.41. The molecule has 9 heavy (non-hydrogen) atoms. The van der Waals surface area contributed by atoms with Crippen molar-refractivity contribution >= 4 is 6.41 Å². The van der Waals surface area contributed by atoms with Crippen LogP contribution in [0, 0.1) is 13.8 Å². The van der Waals surface area contributed by atoms with Crippen LogP contribution in [0.3, 0.4) is 0 Å². The Morgan fingerprint density at radius 2 is 1.78 bits per heavy atom. The summed E-state index contributed by atoms with van der Waals surface area (Å²) in [5.74, 6) is 0. The molecule has 48 valence electrons. The van der Waals surface area contributed by atoms with Gasteiger partial charge in [0.15, 0.2) is 0 Å². The van der Waals surface area contributed by atoms with Crippen molar-refractivity contribution in [2.24, 2.45) is 0 Å². The summed E-state index contributed by atoms with van der Waals surface area (Å²) in [7, 11) is 0. The van der Waals surface area contributed by atoms with Gasteiger partial charge in [0.2, 0.25) is 6.41 Å². The van der Waals surface area contributed by atoms with Crippen molar-refractivity contribution in [2.75, 3.05) is 0 Å². The predicted octanol–water partition coefficient (Wildman–Crippen LogP) is 1.14. The molecule has 0 aliphatic carbocycles. The Hall–Kier alpha value is -1.05. The van der Waals surface area contributed by atoms with E-state index in [4.69, 9.17) is 0 Å². The van der Waals surface area contributed by atoms with Gasteiger partial charge in [-0.15, -0.1) is 0 Å². The van der Waals surface area contributed by atoms with E-state index < -0.39 is 0 Å². The van der Waals surface area contributed by atoms with E-state index >= 15 is 0 Å². The van der Waals surface area contributed by atoms with Gasteiger partial charge >= 0.3 is 0 Å². The van der Waals surface area contributed by atoms with E-state index in [1.54, 1.807) is 0 Å². The lowest BCUT2D eigenvalue weighted by atomic mass is 10.2. The van der Waals surface area contributed by atoms with Crippen molar-refractivity contribution in [1.29, 1.82) is 0 Å². The van der Waals surface area contributed by atoms with Crippen LogP contribution in [0.2, 0.25) is 0 Å². The average Bonchev–Trinajstić information content (AvgIpc) is 2.13. The molecule has 0 N–H and O–H groups in total. The Morgan fingerprint density at radius 3 is 2.00 bits per heavy atom. The van der Waals surface area contributed by atoms with Crippen LogP contribution >= 0.6 is 0 Å². The standard InChI is InChI=1S/C7H9NO/c1-6-3-8(5-9)4-7(6)2/h3-5H,1-2H3. The van der Waals surface area contributed by atoms with Crippen molar-refractivity contribution in [1.82, 2.24) is 4.57 Å². The quantitative estimate of drug-likeness (QED) is 0.513. The Bertz CT molecular complexity index is 205. The molecule has 0 bridgehead atoms. The molecular formula is C7H9NO. The fourth-order valence-electron chi connectivity index (χ4n) is 0.749. The molecule has 0 atom stereocenters. The normalized spacial score (nSPS) is 9.56. The van der Waals surface area contributed by atoms with Crippen molar-refractivity contribution in [2.45, 2.75) is 13.8 Å². The average molecular weight is 123 g/mol. The number of carbonyl (C=O) groups is 1. The van der Waals surface area contributed by atoms with Gasteiger partial charge in [-0.2, -0.15) is 0 Å². The van der Waals surface area contributed by atoms with E-state index in [9.17, 15) is 4.79 Å². The fourth-order valence-corrected chi connectivity index (χ4v) is 0.749. The summed E-state index contributed by atoms with van der Waals surface area (Å²) in [6.45, 7) is 3.96. The third kappa shape index (κ3) is 1.02. The predicted molar refractivity (Wildman–Crippen MR) is 36.1 cm³/mol. The lowest BCUT2D eigenvalue weighted by Crippen LogP contribution is -1.86. The van der Waals surface area contributed by atoms with Crippen molar-refractivity contribution in [3.8, 4) is 0 Å². The van der Waals surface area contributed by atoms with Crippen LogP contribution in [0.5, 0.6) is 0 Å². The highest BCUT2D eigenvalue weighted by molar-refractivity contribution is 5.53. The molecule has 0 saturated carbocycles. The lowest BCUT2D eigenvalue weighted by Gasteiger charge is -1.79. The molecule has 0 saturated heterocycles. The van der Waals surface area contributed by atoms with Crippen LogP contribution in [0.15, 0.2) is 12.4 Å². The summed E-state index contributed by atoms with van der Waals surface area (Å²) in [5.41, 5.74) is 2.31.